The molecule has 2 N–H and O–H groups in total. The first-order valence-electron chi connectivity index (χ1n) is 10.6. The molecule has 1 fully saturated rings. The maximum Gasteiger partial charge on any atom is 0.248 e. The van der Waals surface area contributed by atoms with Crippen molar-refractivity contribution in [3.63, 3.8) is 0 Å². The Morgan fingerprint density at radius 1 is 1.06 bits per heavy atom. The molecule has 1 aliphatic rings. The van der Waals surface area contributed by atoms with Gasteiger partial charge >= 0.3 is 0 Å². The summed E-state index contributed by atoms with van der Waals surface area (Å²) in [6, 6.07) is 18.5. The van der Waals surface area contributed by atoms with Gasteiger partial charge in [0.2, 0.25) is 11.8 Å². The molecule has 3 heterocycles. The van der Waals surface area contributed by atoms with E-state index in [1.165, 1.54) is 0 Å². The predicted molar refractivity (Wildman–Crippen MR) is 121 cm³/mol. The number of morpholine rings is 1. The molecule has 0 bridgehead atoms. The van der Waals surface area contributed by atoms with Gasteiger partial charge in [0.05, 0.1) is 24.4 Å². The molecule has 1 atom stereocenters. The van der Waals surface area contributed by atoms with Crippen molar-refractivity contribution in [1.29, 1.82) is 0 Å². The second-order valence-corrected chi connectivity index (χ2v) is 7.85. The van der Waals surface area contributed by atoms with Gasteiger partial charge in [-0.3, -0.25) is 14.6 Å². The number of aromatic nitrogens is 4. The number of primary amides is 1. The van der Waals surface area contributed by atoms with Crippen LogP contribution in [0.3, 0.4) is 0 Å². The smallest absolute Gasteiger partial charge is 0.248 e. The van der Waals surface area contributed by atoms with Crippen LogP contribution in [-0.4, -0.2) is 56.4 Å². The first kappa shape index (κ1) is 20.8. The topological polar surface area (TPSA) is 116 Å². The van der Waals surface area contributed by atoms with Crippen LogP contribution in [0.15, 0.2) is 66.9 Å². The normalized spacial score (nSPS) is 16.1. The Morgan fingerprint density at radius 3 is 2.76 bits per heavy atom. The van der Waals surface area contributed by atoms with Gasteiger partial charge in [-0.1, -0.05) is 35.5 Å². The molecule has 2 aromatic carbocycles. The number of benzene rings is 2. The number of rotatable bonds is 5. The van der Waals surface area contributed by atoms with Crippen molar-refractivity contribution in [2.75, 3.05) is 19.7 Å². The Labute approximate surface area is 189 Å². The Morgan fingerprint density at radius 2 is 1.94 bits per heavy atom. The van der Waals surface area contributed by atoms with Gasteiger partial charge in [-0.2, -0.15) is 0 Å². The van der Waals surface area contributed by atoms with Crippen LogP contribution in [0.25, 0.3) is 22.2 Å². The number of hydrogen-bond donors (Lipinski definition) is 1. The summed E-state index contributed by atoms with van der Waals surface area (Å²) in [6.45, 7) is 1.48. The molecule has 1 saturated heterocycles. The van der Waals surface area contributed by atoms with E-state index in [2.05, 4.69) is 15.3 Å². The lowest BCUT2D eigenvalue weighted by Crippen LogP contribution is -2.44. The van der Waals surface area contributed by atoms with Gasteiger partial charge in [0.15, 0.2) is 0 Å². The van der Waals surface area contributed by atoms with Crippen LogP contribution in [0, 0.1) is 0 Å². The summed E-state index contributed by atoms with van der Waals surface area (Å²) in [4.78, 5) is 30.7. The molecule has 1 aliphatic heterocycles. The van der Waals surface area contributed by atoms with Gasteiger partial charge in [-0.05, 0) is 35.9 Å². The summed E-state index contributed by atoms with van der Waals surface area (Å²) in [5, 5.41) is 8.22. The summed E-state index contributed by atoms with van der Waals surface area (Å²) in [6.07, 6.45) is 1.42. The monoisotopic (exact) mass is 442 g/mol. The van der Waals surface area contributed by atoms with E-state index in [1.54, 1.807) is 34.0 Å². The summed E-state index contributed by atoms with van der Waals surface area (Å²) < 4.78 is 7.51. The first-order valence-corrected chi connectivity index (χ1v) is 10.6. The van der Waals surface area contributed by atoms with Gasteiger partial charge in [0, 0.05) is 23.9 Å². The highest BCUT2D eigenvalue weighted by Gasteiger charge is 2.27. The Balaban J connectivity index is 1.28. The number of pyridine rings is 1. The van der Waals surface area contributed by atoms with E-state index in [-0.39, 0.29) is 18.6 Å². The lowest BCUT2D eigenvalue weighted by molar-refractivity contribution is -0.140. The number of nitrogens with zero attached hydrogens (tertiary/aromatic N) is 5. The SMILES string of the molecule is NC(=O)c1cccc(-c2ccc([C@@H]3CN(C(=O)Cn4nnc5ccccc54)CCO3)nc2)c1. The van der Waals surface area contributed by atoms with Crippen LogP contribution in [0.5, 0.6) is 0 Å². The molecule has 0 saturated carbocycles. The largest absolute Gasteiger partial charge is 0.368 e. The van der Waals surface area contributed by atoms with E-state index in [9.17, 15) is 9.59 Å². The number of ether oxygens (including phenoxy) is 1. The zero-order valence-corrected chi connectivity index (χ0v) is 17.8. The van der Waals surface area contributed by atoms with Gasteiger partial charge in [0.25, 0.3) is 0 Å². The van der Waals surface area contributed by atoms with E-state index >= 15 is 0 Å². The van der Waals surface area contributed by atoms with Crippen molar-refractivity contribution in [2.24, 2.45) is 5.73 Å². The van der Waals surface area contributed by atoms with Crippen molar-refractivity contribution >= 4 is 22.8 Å². The maximum atomic E-state index is 12.9. The highest BCUT2D eigenvalue weighted by atomic mass is 16.5. The third-order valence-electron chi connectivity index (χ3n) is 5.72. The number of nitrogens with two attached hydrogens (primary N) is 1. The summed E-state index contributed by atoms with van der Waals surface area (Å²) in [5.41, 5.74) is 9.87. The van der Waals surface area contributed by atoms with Gasteiger partial charge in [-0.25, -0.2) is 4.68 Å². The molecule has 2 aromatic heterocycles. The highest BCUT2D eigenvalue weighted by molar-refractivity contribution is 5.94. The minimum Gasteiger partial charge on any atom is -0.368 e. The molecule has 0 unspecified atom stereocenters. The maximum absolute atomic E-state index is 12.9. The van der Waals surface area contributed by atoms with Crippen molar-refractivity contribution in [3.05, 3.63) is 78.1 Å². The van der Waals surface area contributed by atoms with Crippen LogP contribution in [0.2, 0.25) is 0 Å². The zero-order chi connectivity index (χ0) is 22.8. The minimum atomic E-state index is -0.472. The number of carbonyl (C=O) groups is 2. The van der Waals surface area contributed by atoms with Gasteiger partial charge < -0.3 is 15.4 Å². The highest BCUT2D eigenvalue weighted by Crippen LogP contribution is 2.25. The molecule has 9 nitrogen and oxygen atoms in total. The first-order chi connectivity index (χ1) is 16.1. The van der Waals surface area contributed by atoms with Gasteiger partial charge in [-0.15, -0.1) is 5.10 Å². The van der Waals surface area contributed by atoms with Crippen LogP contribution < -0.4 is 5.73 Å². The van der Waals surface area contributed by atoms with Crippen molar-refractivity contribution in [1.82, 2.24) is 24.9 Å². The zero-order valence-electron chi connectivity index (χ0n) is 17.8. The van der Waals surface area contributed by atoms with E-state index < -0.39 is 5.91 Å². The average molecular weight is 442 g/mol. The number of hydrogen-bond acceptors (Lipinski definition) is 6. The molecule has 33 heavy (non-hydrogen) atoms. The Kier molecular flexibility index (Phi) is 5.54. The van der Waals surface area contributed by atoms with Crippen LogP contribution in [-0.2, 0) is 16.1 Å². The summed E-state index contributed by atoms with van der Waals surface area (Å²) >= 11 is 0. The van der Waals surface area contributed by atoms with Crippen molar-refractivity contribution in [2.45, 2.75) is 12.6 Å². The standard InChI is InChI=1S/C24H22N6O3/c25-24(32)17-5-3-4-16(12-17)18-8-9-20(26-13-18)22-14-29(10-11-33-22)23(31)15-30-21-7-2-1-6-19(21)27-28-30/h1-9,12-13,22H,10-11,14-15H2,(H2,25,32)/t22-/m0/s1. The fourth-order valence-electron chi connectivity index (χ4n) is 3.94. The molecule has 9 heteroatoms. The molecule has 2 amide bonds. The van der Waals surface area contributed by atoms with E-state index in [1.807, 2.05) is 42.5 Å². The lowest BCUT2D eigenvalue weighted by Gasteiger charge is -2.32. The van der Waals surface area contributed by atoms with Crippen LogP contribution in [0.1, 0.15) is 22.2 Å². The Hall–Kier alpha value is -4.11. The second kappa shape index (κ2) is 8.79. The molecule has 4 aromatic rings. The van der Waals surface area contributed by atoms with E-state index in [4.69, 9.17) is 10.5 Å². The number of amides is 2. The van der Waals surface area contributed by atoms with Crippen LogP contribution in [0.4, 0.5) is 0 Å². The lowest BCUT2D eigenvalue weighted by atomic mass is 10.0. The summed E-state index contributed by atoms with van der Waals surface area (Å²) in [7, 11) is 0. The average Bonchev–Trinajstić information content (AvgIpc) is 3.27. The molecular weight excluding hydrogens is 420 g/mol. The molecule has 0 aliphatic carbocycles. The molecule has 166 valence electrons. The van der Waals surface area contributed by atoms with E-state index in [0.29, 0.717) is 25.3 Å². The molecular formula is C24H22N6O3. The van der Waals surface area contributed by atoms with Crippen molar-refractivity contribution in [3.8, 4) is 11.1 Å². The molecule has 0 spiro atoms. The molecule has 0 radical (unpaired) electrons. The fourth-order valence-corrected chi connectivity index (χ4v) is 3.94. The number of fused-ring (bicyclic) bond motifs is 1. The van der Waals surface area contributed by atoms with E-state index in [0.717, 1.165) is 27.9 Å². The third kappa shape index (κ3) is 4.31. The number of carbonyl (C=O) groups excluding carboxylic acids is 2. The Bertz CT molecular complexity index is 1320. The summed E-state index contributed by atoms with van der Waals surface area (Å²) in [5.74, 6) is -0.514. The predicted octanol–water partition coefficient (Wildman–Crippen LogP) is 2.19. The fraction of sp³-hybridized carbons (Fsp3) is 0.208. The minimum absolute atomic E-state index is 0.0427. The molecule has 5 rings (SSSR count). The van der Waals surface area contributed by atoms with Gasteiger partial charge in [0.1, 0.15) is 18.2 Å². The quantitative estimate of drug-likeness (QED) is 0.506. The second-order valence-electron chi connectivity index (χ2n) is 7.85. The van der Waals surface area contributed by atoms with Crippen molar-refractivity contribution < 1.29 is 14.3 Å². The number of para-hydroxylation sites is 1. The third-order valence-corrected chi connectivity index (χ3v) is 5.72. The van der Waals surface area contributed by atoms with Crippen LogP contribution >= 0.6 is 0 Å².